The molecule has 2 aromatic heterocycles. The Morgan fingerprint density at radius 1 is 1.07 bits per heavy atom. The molecule has 0 spiro atoms. The van der Waals surface area contributed by atoms with Crippen molar-refractivity contribution in [2.24, 2.45) is 0 Å². The zero-order valence-electron chi connectivity index (χ0n) is 15.5. The summed E-state index contributed by atoms with van der Waals surface area (Å²) >= 11 is 0. The first kappa shape index (κ1) is 19.6. The van der Waals surface area contributed by atoms with Crippen molar-refractivity contribution in [3.8, 4) is 11.3 Å². The molecule has 8 heteroatoms. The maximum atomic E-state index is 13.3. The van der Waals surface area contributed by atoms with Crippen LogP contribution in [0.5, 0.6) is 0 Å². The zero-order valence-corrected chi connectivity index (χ0v) is 15.5. The lowest BCUT2D eigenvalue weighted by molar-refractivity contribution is -0.136. The van der Waals surface area contributed by atoms with Gasteiger partial charge in [-0.2, -0.15) is 18.2 Å². The third kappa shape index (κ3) is 4.76. The summed E-state index contributed by atoms with van der Waals surface area (Å²) in [6, 6.07) is 10.6. The lowest BCUT2D eigenvalue weighted by atomic mass is 10.1. The Morgan fingerprint density at radius 3 is 2.54 bits per heavy atom. The van der Waals surface area contributed by atoms with Gasteiger partial charge in [0.15, 0.2) is 0 Å². The average molecular weight is 387 g/mol. The first-order valence-corrected chi connectivity index (χ1v) is 8.86. The van der Waals surface area contributed by atoms with Gasteiger partial charge in [-0.15, -0.1) is 0 Å². The molecule has 1 atom stereocenters. The van der Waals surface area contributed by atoms with Gasteiger partial charge in [-0.05, 0) is 37.6 Å². The quantitative estimate of drug-likeness (QED) is 0.584. The summed E-state index contributed by atoms with van der Waals surface area (Å²) in [5.74, 6) is 0.596. The van der Waals surface area contributed by atoms with E-state index in [1.54, 1.807) is 30.6 Å². The molecule has 3 rings (SSSR count). The SMILES string of the molecule is CC[C@@H](C)Nc1nc(Nc2ccccc2C(F)(F)F)cc(-c2cccnc2)n1. The Morgan fingerprint density at radius 2 is 1.86 bits per heavy atom. The normalized spacial score (nSPS) is 12.5. The van der Waals surface area contributed by atoms with Crippen molar-refractivity contribution >= 4 is 17.5 Å². The predicted molar refractivity (Wildman–Crippen MR) is 103 cm³/mol. The van der Waals surface area contributed by atoms with E-state index < -0.39 is 11.7 Å². The molecule has 0 saturated carbocycles. The van der Waals surface area contributed by atoms with E-state index in [2.05, 4.69) is 25.6 Å². The number of pyridine rings is 1. The van der Waals surface area contributed by atoms with Gasteiger partial charge in [0.25, 0.3) is 0 Å². The Bertz CT molecular complexity index is 929. The van der Waals surface area contributed by atoms with Crippen LogP contribution in [0.2, 0.25) is 0 Å². The number of hydrogen-bond donors (Lipinski definition) is 2. The maximum Gasteiger partial charge on any atom is 0.418 e. The van der Waals surface area contributed by atoms with Crippen molar-refractivity contribution in [2.75, 3.05) is 10.6 Å². The summed E-state index contributed by atoms with van der Waals surface area (Å²) in [6.07, 6.45) is -0.342. The van der Waals surface area contributed by atoms with E-state index in [1.165, 1.54) is 12.1 Å². The minimum atomic E-state index is -4.47. The highest BCUT2D eigenvalue weighted by molar-refractivity contribution is 5.68. The van der Waals surface area contributed by atoms with Gasteiger partial charge < -0.3 is 10.6 Å². The fourth-order valence-electron chi connectivity index (χ4n) is 2.54. The van der Waals surface area contributed by atoms with Crippen molar-refractivity contribution in [1.29, 1.82) is 0 Å². The second-order valence-corrected chi connectivity index (χ2v) is 6.33. The van der Waals surface area contributed by atoms with Gasteiger partial charge in [0.05, 0.1) is 16.9 Å². The molecule has 0 radical (unpaired) electrons. The van der Waals surface area contributed by atoms with Crippen LogP contribution >= 0.6 is 0 Å². The summed E-state index contributed by atoms with van der Waals surface area (Å²) < 4.78 is 39.9. The van der Waals surface area contributed by atoms with Crippen molar-refractivity contribution < 1.29 is 13.2 Å². The molecule has 5 nitrogen and oxygen atoms in total. The first-order valence-electron chi connectivity index (χ1n) is 8.86. The molecule has 0 unspecified atom stereocenters. The molecule has 2 heterocycles. The number of hydrogen-bond acceptors (Lipinski definition) is 5. The molecule has 0 aliphatic carbocycles. The van der Waals surface area contributed by atoms with Gasteiger partial charge in [0.2, 0.25) is 5.95 Å². The third-order valence-electron chi connectivity index (χ3n) is 4.17. The molecule has 0 amide bonds. The smallest absolute Gasteiger partial charge is 0.352 e. The molecule has 28 heavy (non-hydrogen) atoms. The molecule has 0 saturated heterocycles. The van der Waals surface area contributed by atoms with Crippen LogP contribution in [0.4, 0.5) is 30.6 Å². The van der Waals surface area contributed by atoms with Crippen LogP contribution in [-0.2, 0) is 6.18 Å². The molecule has 0 fully saturated rings. The second kappa shape index (κ2) is 8.24. The largest absolute Gasteiger partial charge is 0.418 e. The second-order valence-electron chi connectivity index (χ2n) is 6.33. The molecule has 3 aromatic rings. The van der Waals surface area contributed by atoms with Crippen LogP contribution in [0.15, 0.2) is 54.9 Å². The Hall–Kier alpha value is -3.16. The van der Waals surface area contributed by atoms with Gasteiger partial charge in [-0.25, -0.2) is 4.98 Å². The van der Waals surface area contributed by atoms with E-state index in [0.29, 0.717) is 11.6 Å². The molecule has 2 N–H and O–H groups in total. The van der Waals surface area contributed by atoms with E-state index in [1.807, 2.05) is 19.9 Å². The molecule has 0 aliphatic heterocycles. The van der Waals surface area contributed by atoms with Crippen LogP contribution in [-0.4, -0.2) is 21.0 Å². The summed E-state index contributed by atoms with van der Waals surface area (Å²) in [4.78, 5) is 12.9. The van der Waals surface area contributed by atoms with Crippen molar-refractivity contribution in [3.05, 3.63) is 60.4 Å². The van der Waals surface area contributed by atoms with Gasteiger partial charge in [0.1, 0.15) is 5.82 Å². The highest BCUT2D eigenvalue weighted by Crippen LogP contribution is 2.36. The standard InChI is InChI=1S/C20H20F3N5/c1-3-13(2)25-19-27-17(14-7-6-10-24-12-14)11-18(28-19)26-16-9-5-4-8-15(16)20(21,22)23/h4-13H,3H2,1-2H3,(H2,25,26,27,28)/t13-/m1/s1. The van der Waals surface area contributed by atoms with E-state index in [0.717, 1.165) is 18.1 Å². The summed E-state index contributed by atoms with van der Waals surface area (Å²) in [5, 5.41) is 5.96. The van der Waals surface area contributed by atoms with Crippen molar-refractivity contribution in [3.63, 3.8) is 0 Å². The monoisotopic (exact) mass is 387 g/mol. The number of benzene rings is 1. The van der Waals surface area contributed by atoms with Crippen LogP contribution in [0.1, 0.15) is 25.8 Å². The number of nitrogens with zero attached hydrogens (tertiary/aromatic N) is 3. The zero-order chi connectivity index (χ0) is 20.1. The Labute approximate surface area is 161 Å². The lowest BCUT2D eigenvalue weighted by Gasteiger charge is -2.16. The number of aromatic nitrogens is 3. The van der Waals surface area contributed by atoms with E-state index >= 15 is 0 Å². The highest BCUT2D eigenvalue weighted by atomic mass is 19.4. The Balaban J connectivity index is 2.02. The number of alkyl halides is 3. The molecule has 1 aromatic carbocycles. The topological polar surface area (TPSA) is 62.7 Å². The van der Waals surface area contributed by atoms with E-state index in [9.17, 15) is 13.2 Å². The van der Waals surface area contributed by atoms with Crippen LogP contribution < -0.4 is 10.6 Å². The van der Waals surface area contributed by atoms with E-state index in [4.69, 9.17) is 0 Å². The van der Waals surface area contributed by atoms with Crippen LogP contribution in [0.3, 0.4) is 0 Å². The minimum absolute atomic E-state index is 0.0691. The average Bonchev–Trinajstić information content (AvgIpc) is 2.68. The van der Waals surface area contributed by atoms with E-state index in [-0.39, 0.29) is 17.5 Å². The number of para-hydroxylation sites is 1. The predicted octanol–water partition coefficient (Wildman–Crippen LogP) is 5.51. The fourth-order valence-corrected chi connectivity index (χ4v) is 2.54. The lowest BCUT2D eigenvalue weighted by Crippen LogP contribution is -2.16. The molecule has 0 aliphatic rings. The highest BCUT2D eigenvalue weighted by Gasteiger charge is 2.33. The minimum Gasteiger partial charge on any atom is -0.352 e. The molecular weight excluding hydrogens is 367 g/mol. The summed E-state index contributed by atoms with van der Waals surface area (Å²) in [7, 11) is 0. The van der Waals surface area contributed by atoms with Gasteiger partial charge in [-0.3, -0.25) is 4.98 Å². The number of anilines is 3. The number of rotatable bonds is 6. The molecule has 146 valence electrons. The van der Waals surface area contributed by atoms with Crippen LogP contribution in [0, 0.1) is 0 Å². The van der Waals surface area contributed by atoms with Crippen LogP contribution in [0.25, 0.3) is 11.3 Å². The Kier molecular flexibility index (Phi) is 5.77. The summed E-state index contributed by atoms with van der Waals surface area (Å²) in [6.45, 7) is 3.99. The number of nitrogens with one attached hydrogen (secondary N) is 2. The maximum absolute atomic E-state index is 13.3. The first-order chi connectivity index (χ1) is 13.4. The summed E-state index contributed by atoms with van der Waals surface area (Å²) in [5.41, 5.74) is 0.471. The van der Waals surface area contributed by atoms with Gasteiger partial charge in [-0.1, -0.05) is 19.1 Å². The van der Waals surface area contributed by atoms with Gasteiger partial charge >= 0.3 is 6.18 Å². The van der Waals surface area contributed by atoms with Crippen molar-refractivity contribution in [2.45, 2.75) is 32.5 Å². The molecule has 0 bridgehead atoms. The number of halogens is 3. The molecular formula is C20H20F3N5. The van der Waals surface area contributed by atoms with Crippen molar-refractivity contribution in [1.82, 2.24) is 15.0 Å². The van der Waals surface area contributed by atoms with Gasteiger partial charge in [0, 0.05) is 30.1 Å². The fraction of sp³-hybridized carbons (Fsp3) is 0.250. The third-order valence-corrected chi connectivity index (χ3v) is 4.17.